The summed E-state index contributed by atoms with van der Waals surface area (Å²) in [5.41, 5.74) is 0.711. The minimum Gasteiger partial charge on any atom is -0.459 e. The highest BCUT2D eigenvalue weighted by Crippen LogP contribution is 2.29. The van der Waals surface area contributed by atoms with Gasteiger partial charge in [-0.1, -0.05) is 50.7 Å². The van der Waals surface area contributed by atoms with Crippen LogP contribution in [0.2, 0.25) is 0 Å². The number of furan rings is 1. The molecule has 0 atom stereocenters. The van der Waals surface area contributed by atoms with E-state index in [-0.39, 0.29) is 17.2 Å². The second-order valence-corrected chi connectivity index (χ2v) is 9.52. The van der Waals surface area contributed by atoms with Crippen molar-refractivity contribution in [3.05, 3.63) is 54.2 Å². The first-order valence-electron chi connectivity index (χ1n) is 10.3. The van der Waals surface area contributed by atoms with Crippen molar-refractivity contribution in [3.63, 3.8) is 0 Å². The van der Waals surface area contributed by atoms with Gasteiger partial charge in [0.2, 0.25) is 5.91 Å². The molecule has 2 aromatic heterocycles. The molecule has 1 aliphatic heterocycles. The lowest BCUT2D eigenvalue weighted by Crippen LogP contribution is -2.51. The monoisotopic (exact) mass is 438 g/mol. The van der Waals surface area contributed by atoms with Crippen LogP contribution in [0.1, 0.15) is 37.2 Å². The predicted octanol–water partition coefficient (Wildman–Crippen LogP) is 3.60. The Kier molecular flexibility index (Phi) is 6.00. The Morgan fingerprint density at radius 3 is 2.39 bits per heavy atom. The Morgan fingerprint density at radius 2 is 1.71 bits per heavy atom. The summed E-state index contributed by atoms with van der Waals surface area (Å²) < 4.78 is 5.19. The fourth-order valence-corrected chi connectivity index (χ4v) is 4.35. The van der Waals surface area contributed by atoms with Crippen molar-refractivity contribution in [2.24, 2.45) is 0 Å². The molecular weight excluding hydrogens is 412 g/mol. The number of thioether (sulfide) groups is 1. The second kappa shape index (κ2) is 8.70. The van der Waals surface area contributed by atoms with Gasteiger partial charge in [-0.25, -0.2) is 9.97 Å². The zero-order chi connectivity index (χ0) is 22.0. The second-order valence-electron chi connectivity index (χ2n) is 8.56. The number of carbonyl (C=O) groups excluding carboxylic acids is 2. The number of benzene rings is 1. The van der Waals surface area contributed by atoms with Crippen LogP contribution in [0.25, 0.3) is 10.9 Å². The van der Waals surface area contributed by atoms with Crippen LogP contribution in [0.4, 0.5) is 0 Å². The maximum absolute atomic E-state index is 12.8. The highest BCUT2D eigenvalue weighted by atomic mass is 32.2. The van der Waals surface area contributed by atoms with Crippen LogP contribution in [-0.4, -0.2) is 63.5 Å². The summed E-state index contributed by atoms with van der Waals surface area (Å²) in [7, 11) is 0. The Labute approximate surface area is 185 Å². The van der Waals surface area contributed by atoms with Crippen molar-refractivity contribution in [1.29, 1.82) is 0 Å². The molecule has 0 aliphatic carbocycles. The van der Waals surface area contributed by atoms with Crippen molar-refractivity contribution in [1.82, 2.24) is 19.8 Å². The number of amides is 2. The lowest BCUT2D eigenvalue weighted by Gasteiger charge is -2.34. The summed E-state index contributed by atoms with van der Waals surface area (Å²) in [6.45, 7) is 8.29. The molecule has 0 radical (unpaired) electrons. The summed E-state index contributed by atoms with van der Waals surface area (Å²) in [5.74, 6) is 1.33. The first-order valence-corrected chi connectivity index (χ1v) is 11.3. The number of carbonyl (C=O) groups is 2. The van der Waals surface area contributed by atoms with Crippen LogP contribution in [0.5, 0.6) is 0 Å². The van der Waals surface area contributed by atoms with Gasteiger partial charge in [0.25, 0.3) is 5.91 Å². The number of rotatable bonds is 4. The molecule has 1 fully saturated rings. The molecule has 8 heteroatoms. The predicted molar refractivity (Wildman–Crippen MR) is 120 cm³/mol. The van der Waals surface area contributed by atoms with Crippen molar-refractivity contribution in [3.8, 4) is 0 Å². The van der Waals surface area contributed by atoms with Gasteiger partial charge >= 0.3 is 0 Å². The molecule has 0 saturated carbocycles. The topological polar surface area (TPSA) is 79.5 Å². The van der Waals surface area contributed by atoms with E-state index in [2.05, 4.69) is 20.8 Å². The van der Waals surface area contributed by atoms with Gasteiger partial charge in [-0.2, -0.15) is 0 Å². The van der Waals surface area contributed by atoms with Crippen molar-refractivity contribution in [2.45, 2.75) is 31.2 Å². The smallest absolute Gasteiger partial charge is 0.289 e. The van der Waals surface area contributed by atoms with E-state index in [1.54, 1.807) is 17.0 Å². The highest BCUT2D eigenvalue weighted by Gasteiger charge is 2.26. The van der Waals surface area contributed by atoms with E-state index < -0.39 is 0 Å². The number of nitrogens with zero attached hydrogens (tertiary/aromatic N) is 4. The molecule has 0 bridgehead atoms. The molecule has 3 heterocycles. The third kappa shape index (κ3) is 4.74. The first-order chi connectivity index (χ1) is 14.8. The molecule has 0 unspecified atom stereocenters. The van der Waals surface area contributed by atoms with Crippen molar-refractivity contribution in [2.75, 3.05) is 31.9 Å². The Morgan fingerprint density at radius 1 is 1.00 bits per heavy atom. The van der Waals surface area contributed by atoms with Gasteiger partial charge in [0, 0.05) is 37.0 Å². The molecule has 1 aliphatic rings. The Hall–Kier alpha value is -2.87. The fourth-order valence-electron chi connectivity index (χ4n) is 3.43. The van der Waals surface area contributed by atoms with Crippen LogP contribution < -0.4 is 0 Å². The zero-order valence-electron chi connectivity index (χ0n) is 18.0. The Balaban J connectivity index is 1.40. The third-order valence-corrected chi connectivity index (χ3v) is 6.20. The quantitative estimate of drug-likeness (QED) is 0.457. The van der Waals surface area contributed by atoms with Gasteiger partial charge < -0.3 is 14.2 Å². The Bertz CT molecular complexity index is 1080. The number of hydrogen-bond acceptors (Lipinski definition) is 6. The molecule has 162 valence electrons. The van der Waals surface area contributed by atoms with Crippen molar-refractivity contribution >= 4 is 34.5 Å². The number of piperazine rings is 1. The van der Waals surface area contributed by atoms with E-state index in [9.17, 15) is 9.59 Å². The standard InChI is InChI=1S/C23H26N4O3S/c1-23(2,3)22-24-17-8-5-4-7-16(17)20(25-22)31-15-19(28)26-10-12-27(13-11-26)21(29)18-9-6-14-30-18/h4-9,14H,10-13,15H2,1-3H3. The maximum Gasteiger partial charge on any atom is 0.289 e. The first kappa shape index (κ1) is 21.4. The van der Waals surface area contributed by atoms with Crippen LogP contribution in [0.15, 0.2) is 52.1 Å². The molecule has 7 nitrogen and oxygen atoms in total. The lowest BCUT2D eigenvalue weighted by molar-refractivity contribution is -0.129. The third-order valence-electron chi connectivity index (χ3n) is 5.22. The van der Waals surface area contributed by atoms with Crippen LogP contribution in [0.3, 0.4) is 0 Å². The van der Waals surface area contributed by atoms with Crippen molar-refractivity contribution < 1.29 is 14.0 Å². The fraction of sp³-hybridized carbons (Fsp3) is 0.391. The van der Waals surface area contributed by atoms with E-state index in [1.807, 2.05) is 29.2 Å². The molecule has 0 spiro atoms. The molecule has 2 amide bonds. The normalized spacial score (nSPS) is 14.8. The summed E-state index contributed by atoms with van der Waals surface area (Å²) in [4.78, 5) is 38.2. The summed E-state index contributed by atoms with van der Waals surface area (Å²) in [6.07, 6.45) is 1.49. The average Bonchev–Trinajstić information content (AvgIpc) is 3.31. The SMILES string of the molecule is CC(C)(C)c1nc(SCC(=O)N2CCN(C(=O)c3ccco3)CC2)c2ccccc2n1. The number of hydrogen-bond donors (Lipinski definition) is 0. The maximum atomic E-state index is 12.8. The molecule has 1 saturated heterocycles. The molecule has 3 aromatic rings. The summed E-state index contributed by atoms with van der Waals surface area (Å²) in [5, 5.41) is 1.79. The molecular formula is C23H26N4O3S. The van der Waals surface area contributed by atoms with E-state index in [0.717, 1.165) is 21.8 Å². The van der Waals surface area contributed by atoms with Crippen LogP contribution in [-0.2, 0) is 10.2 Å². The number of para-hydroxylation sites is 1. The molecule has 1 aromatic carbocycles. The van der Waals surface area contributed by atoms with Gasteiger partial charge in [0.1, 0.15) is 10.9 Å². The van der Waals surface area contributed by atoms with Gasteiger partial charge in [0.15, 0.2) is 5.76 Å². The largest absolute Gasteiger partial charge is 0.459 e. The number of aromatic nitrogens is 2. The minimum atomic E-state index is -0.180. The summed E-state index contributed by atoms with van der Waals surface area (Å²) in [6, 6.07) is 11.3. The zero-order valence-corrected chi connectivity index (χ0v) is 18.8. The van der Waals surface area contributed by atoms with Gasteiger partial charge in [-0.15, -0.1) is 0 Å². The minimum absolute atomic E-state index is 0.0510. The van der Waals surface area contributed by atoms with Gasteiger partial charge in [-0.05, 0) is 18.2 Å². The molecule has 4 rings (SSSR count). The lowest BCUT2D eigenvalue weighted by atomic mass is 9.95. The molecule has 31 heavy (non-hydrogen) atoms. The van der Waals surface area contributed by atoms with E-state index in [1.165, 1.54) is 18.0 Å². The van der Waals surface area contributed by atoms with Gasteiger partial charge in [-0.3, -0.25) is 9.59 Å². The average molecular weight is 439 g/mol. The van der Waals surface area contributed by atoms with E-state index >= 15 is 0 Å². The summed E-state index contributed by atoms with van der Waals surface area (Å²) >= 11 is 1.45. The number of fused-ring (bicyclic) bond motifs is 1. The van der Waals surface area contributed by atoms with E-state index in [4.69, 9.17) is 14.4 Å². The highest BCUT2D eigenvalue weighted by molar-refractivity contribution is 8.00. The van der Waals surface area contributed by atoms with E-state index in [0.29, 0.717) is 37.7 Å². The molecule has 0 N–H and O–H groups in total. The van der Waals surface area contributed by atoms with Crippen LogP contribution >= 0.6 is 11.8 Å². The van der Waals surface area contributed by atoms with Gasteiger partial charge in [0.05, 0.1) is 17.5 Å². The van der Waals surface area contributed by atoms with Crippen LogP contribution in [0, 0.1) is 0 Å².